The minimum atomic E-state index is -0.806. The molecule has 1 aromatic carbocycles. The Kier molecular flexibility index (Phi) is 6.49. The van der Waals surface area contributed by atoms with Gasteiger partial charge in [0.2, 0.25) is 5.91 Å². The number of benzene rings is 1. The van der Waals surface area contributed by atoms with Crippen LogP contribution in [0.1, 0.15) is 55.8 Å². The molecule has 1 saturated heterocycles. The summed E-state index contributed by atoms with van der Waals surface area (Å²) in [4.78, 5) is 61.2. The van der Waals surface area contributed by atoms with E-state index >= 15 is 0 Å². The maximum absolute atomic E-state index is 12.5. The summed E-state index contributed by atoms with van der Waals surface area (Å²) < 4.78 is 4.99. The highest BCUT2D eigenvalue weighted by molar-refractivity contribution is 6.07. The van der Waals surface area contributed by atoms with Crippen LogP contribution in [0, 0.1) is 0 Å². The normalized spacial score (nSPS) is 17.2. The lowest BCUT2D eigenvalue weighted by atomic mass is 9.98. The smallest absolute Gasteiger partial charge is 0.325 e. The molecule has 2 N–H and O–H groups in total. The molecule has 0 unspecified atom stereocenters. The molecule has 2 aliphatic rings. The van der Waals surface area contributed by atoms with Gasteiger partial charge in [-0.05, 0) is 37.1 Å². The monoisotopic (exact) mass is 415 g/mol. The number of Topliss-reactive ketones (excluding diaryl/α,β-unsaturated/α-hetero) is 1. The van der Waals surface area contributed by atoms with Crippen LogP contribution in [-0.4, -0.2) is 53.2 Å². The largest absolute Gasteiger partial charge is 0.457 e. The summed E-state index contributed by atoms with van der Waals surface area (Å²) >= 11 is 0. The number of urea groups is 1. The van der Waals surface area contributed by atoms with E-state index in [4.69, 9.17) is 4.74 Å². The fourth-order valence-corrected chi connectivity index (χ4v) is 3.69. The zero-order chi connectivity index (χ0) is 21.7. The first-order valence-electron chi connectivity index (χ1n) is 10.1. The minimum absolute atomic E-state index is 0.0781. The van der Waals surface area contributed by atoms with Crippen LogP contribution in [0.15, 0.2) is 24.3 Å². The molecule has 1 saturated carbocycles. The standard InChI is InChI=1S/C21H25N3O6/c1-2-17(26)22-15-7-5-14(6-8-15)16(25)13-30-18(27)9-12-24-19(28)21(23-20(24)29)10-3-4-11-21/h5-8H,2-4,9-13H2,1H3,(H,22,26)(H,23,29). The summed E-state index contributed by atoms with van der Waals surface area (Å²) in [5.74, 6) is -1.48. The van der Waals surface area contributed by atoms with Gasteiger partial charge < -0.3 is 15.4 Å². The molecule has 1 aromatic rings. The zero-order valence-electron chi connectivity index (χ0n) is 16.9. The van der Waals surface area contributed by atoms with E-state index < -0.39 is 29.9 Å². The van der Waals surface area contributed by atoms with Gasteiger partial charge in [0.05, 0.1) is 6.42 Å². The predicted molar refractivity (Wildman–Crippen MR) is 107 cm³/mol. The Morgan fingerprint density at radius 3 is 2.43 bits per heavy atom. The number of carbonyl (C=O) groups is 5. The Morgan fingerprint density at radius 1 is 1.13 bits per heavy atom. The average molecular weight is 415 g/mol. The molecule has 1 aliphatic heterocycles. The summed E-state index contributed by atoms with van der Waals surface area (Å²) in [6.07, 6.45) is 3.18. The van der Waals surface area contributed by atoms with E-state index in [1.807, 2.05) is 0 Å². The maximum atomic E-state index is 12.5. The molecule has 1 aliphatic carbocycles. The number of ether oxygens (including phenoxy) is 1. The summed E-state index contributed by atoms with van der Waals surface area (Å²) in [7, 11) is 0. The van der Waals surface area contributed by atoms with Crippen LogP contribution in [0.5, 0.6) is 0 Å². The number of hydrogen-bond donors (Lipinski definition) is 2. The van der Waals surface area contributed by atoms with Crippen LogP contribution in [0.3, 0.4) is 0 Å². The molecule has 0 atom stereocenters. The molecule has 0 radical (unpaired) electrons. The van der Waals surface area contributed by atoms with Crippen molar-refractivity contribution in [3.05, 3.63) is 29.8 Å². The maximum Gasteiger partial charge on any atom is 0.325 e. The SMILES string of the molecule is CCC(=O)Nc1ccc(C(=O)COC(=O)CCN2C(=O)NC3(CCCC3)C2=O)cc1. The number of hydrogen-bond acceptors (Lipinski definition) is 6. The number of ketones is 1. The van der Waals surface area contributed by atoms with Crippen LogP contribution < -0.4 is 10.6 Å². The molecule has 0 bridgehead atoms. The van der Waals surface area contributed by atoms with Gasteiger partial charge in [-0.1, -0.05) is 19.8 Å². The third kappa shape index (κ3) is 4.67. The number of anilines is 1. The van der Waals surface area contributed by atoms with Crippen molar-refractivity contribution in [1.82, 2.24) is 10.2 Å². The summed E-state index contributed by atoms with van der Waals surface area (Å²) in [6, 6.07) is 5.78. The van der Waals surface area contributed by atoms with Crippen molar-refractivity contribution >= 4 is 35.3 Å². The van der Waals surface area contributed by atoms with Crippen molar-refractivity contribution in [2.24, 2.45) is 0 Å². The molecule has 9 nitrogen and oxygen atoms in total. The number of esters is 1. The van der Waals surface area contributed by atoms with Crippen LogP contribution >= 0.6 is 0 Å². The van der Waals surface area contributed by atoms with Crippen LogP contribution in [0.2, 0.25) is 0 Å². The van der Waals surface area contributed by atoms with E-state index in [1.54, 1.807) is 19.1 Å². The second kappa shape index (κ2) is 9.06. The van der Waals surface area contributed by atoms with Gasteiger partial charge in [0.15, 0.2) is 12.4 Å². The van der Waals surface area contributed by atoms with Crippen molar-refractivity contribution in [1.29, 1.82) is 0 Å². The first-order valence-corrected chi connectivity index (χ1v) is 10.1. The van der Waals surface area contributed by atoms with E-state index in [0.29, 0.717) is 30.5 Å². The van der Waals surface area contributed by atoms with Gasteiger partial charge in [-0.2, -0.15) is 0 Å². The zero-order valence-corrected chi connectivity index (χ0v) is 16.9. The van der Waals surface area contributed by atoms with Crippen LogP contribution in [-0.2, 0) is 19.1 Å². The molecule has 3 rings (SSSR count). The van der Waals surface area contributed by atoms with Gasteiger partial charge in [-0.25, -0.2) is 4.79 Å². The van der Waals surface area contributed by atoms with E-state index in [1.165, 1.54) is 12.1 Å². The quantitative estimate of drug-likeness (QED) is 0.381. The molecule has 4 amide bonds. The topological polar surface area (TPSA) is 122 Å². The Balaban J connectivity index is 1.44. The molecule has 160 valence electrons. The summed E-state index contributed by atoms with van der Waals surface area (Å²) in [5.41, 5.74) is 0.109. The Morgan fingerprint density at radius 2 is 1.80 bits per heavy atom. The molecule has 1 heterocycles. The summed E-state index contributed by atoms with van der Waals surface area (Å²) in [6.45, 7) is 1.22. The molecular formula is C21H25N3O6. The minimum Gasteiger partial charge on any atom is -0.457 e. The van der Waals surface area contributed by atoms with Gasteiger partial charge in [-0.3, -0.25) is 24.1 Å². The average Bonchev–Trinajstić information content (AvgIpc) is 3.30. The van der Waals surface area contributed by atoms with Crippen LogP contribution in [0.4, 0.5) is 10.5 Å². The lowest BCUT2D eigenvalue weighted by Gasteiger charge is -2.19. The van der Waals surface area contributed by atoms with Gasteiger partial charge in [0.1, 0.15) is 5.54 Å². The van der Waals surface area contributed by atoms with Crippen molar-refractivity contribution in [2.45, 2.75) is 51.0 Å². The lowest BCUT2D eigenvalue weighted by Crippen LogP contribution is -2.44. The molecule has 0 aromatic heterocycles. The molecule has 1 spiro atoms. The van der Waals surface area contributed by atoms with E-state index in [0.717, 1.165) is 17.7 Å². The number of nitrogens with zero attached hydrogens (tertiary/aromatic N) is 1. The molecule has 9 heteroatoms. The van der Waals surface area contributed by atoms with E-state index in [-0.39, 0.29) is 24.8 Å². The Hall–Kier alpha value is -3.23. The van der Waals surface area contributed by atoms with E-state index in [9.17, 15) is 24.0 Å². The highest BCUT2D eigenvalue weighted by Gasteiger charge is 2.52. The van der Waals surface area contributed by atoms with Gasteiger partial charge in [0, 0.05) is 24.2 Å². The number of amides is 4. The van der Waals surface area contributed by atoms with Crippen LogP contribution in [0.25, 0.3) is 0 Å². The van der Waals surface area contributed by atoms with Crippen molar-refractivity contribution in [2.75, 3.05) is 18.5 Å². The van der Waals surface area contributed by atoms with Crippen molar-refractivity contribution < 1.29 is 28.7 Å². The summed E-state index contributed by atoms with van der Waals surface area (Å²) in [5, 5.41) is 5.43. The number of carbonyl (C=O) groups excluding carboxylic acids is 5. The Bertz CT molecular complexity index is 858. The first kappa shape index (κ1) is 21.5. The number of nitrogens with one attached hydrogen (secondary N) is 2. The van der Waals surface area contributed by atoms with Gasteiger partial charge in [-0.15, -0.1) is 0 Å². The van der Waals surface area contributed by atoms with Crippen molar-refractivity contribution in [3.8, 4) is 0 Å². The fraction of sp³-hybridized carbons (Fsp3) is 0.476. The van der Waals surface area contributed by atoms with E-state index in [2.05, 4.69) is 10.6 Å². The third-order valence-electron chi connectivity index (χ3n) is 5.42. The molecule has 30 heavy (non-hydrogen) atoms. The first-order chi connectivity index (χ1) is 14.3. The lowest BCUT2D eigenvalue weighted by molar-refractivity contribution is -0.143. The Labute approximate surface area is 174 Å². The highest BCUT2D eigenvalue weighted by atomic mass is 16.5. The fourth-order valence-electron chi connectivity index (χ4n) is 3.69. The predicted octanol–water partition coefficient (Wildman–Crippen LogP) is 2.02. The highest BCUT2D eigenvalue weighted by Crippen LogP contribution is 2.35. The third-order valence-corrected chi connectivity index (χ3v) is 5.42. The second-order valence-corrected chi connectivity index (χ2v) is 7.49. The number of imide groups is 1. The second-order valence-electron chi connectivity index (χ2n) is 7.49. The van der Waals surface area contributed by atoms with Gasteiger partial charge >= 0.3 is 12.0 Å². The van der Waals surface area contributed by atoms with Gasteiger partial charge in [0.25, 0.3) is 5.91 Å². The molecular weight excluding hydrogens is 390 g/mol. The van der Waals surface area contributed by atoms with Crippen molar-refractivity contribution in [3.63, 3.8) is 0 Å². The molecule has 2 fully saturated rings. The number of rotatable bonds is 8.